The monoisotopic (exact) mass is 636 g/mol. The van der Waals surface area contributed by atoms with Crippen LogP contribution in [-0.4, -0.2) is 57.3 Å². The van der Waals surface area contributed by atoms with Gasteiger partial charge >= 0.3 is 26.4 Å². The zero-order valence-corrected chi connectivity index (χ0v) is 27.5. The second kappa shape index (κ2) is 22.0. The molecule has 0 aliphatic heterocycles. The summed E-state index contributed by atoms with van der Waals surface area (Å²) in [6, 6.07) is 20.8. The number of hydrogen-bond donors (Lipinski definition) is 0. The smallest absolute Gasteiger partial charge is 0.388 e. The Kier molecular flexibility index (Phi) is 28.8. The highest BCUT2D eigenvalue weighted by Gasteiger charge is 2.50. The summed E-state index contributed by atoms with van der Waals surface area (Å²) >= 11 is 0. The summed E-state index contributed by atoms with van der Waals surface area (Å²) in [6.45, 7) is 19.4. The molecule has 0 saturated heterocycles. The molecular weight excluding hydrogens is 569 g/mol. The van der Waals surface area contributed by atoms with Gasteiger partial charge in [0.15, 0.2) is 16.6 Å². The van der Waals surface area contributed by atoms with Gasteiger partial charge in [0.25, 0.3) is 0 Å². The fourth-order valence-electron chi connectivity index (χ4n) is 3.10. The van der Waals surface area contributed by atoms with E-state index in [1.807, 2.05) is 12.1 Å². The minimum absolute atomic E-state index is 0. The maximum Gasteiger partial charge on any atom is 0.388 e. The number of benzene rings is 2. The second-order valence-corrected chi connectivity index (χ2v) is 28.5. The molecular formula is C29H68O5Si5. The van der Waals surface area contributed by atoms with Crippen LogP contribution in [0.25, 0.3) is 0 Å². The van der Waals surface area contributed by atoms with Crippen LogP contribution in [0.1, 0.15) is 44.6 Å². The first-order valence-electron chi connectivity index (χ1n) is 11.4. The van der Waals surface area contributed by atoms with Crippen molar-refractivity contribution in [2.75, 3.05) is 14.2 Å². The van der Waals surface area contributed by atoms with Crippen molar-refractivity contribution in [1.82, 2.24) is 0 Å². The molecule has 0 aliphatic carbocycles. The third-order valence-electron chi connectivity index (χ3n) is 4.49. The average molecular weight is 637 g/mol. The standard InChI is InChI=1S/C18H28O3Si3.C5H16O2Si2.6CH4/c1-19-23(5,6)21-24(20-22(2,3)4,17-13-9-7-10-14-17)18-15-11-8-12-16-18;1-6-8(2)7-9(3,4)5;;;;;;/h7-16H,1-6H3;8H,1-5H3;6*1H4. The van der Waals surface area contributed by atoms with Crippen molar-refractivity contribution in [2.45, 2.75) is 103 Å². The van der Waals surface area contributed by atoms with E-state index in [0.29, 0.717) is 0 Å². The zero-order chi connectivity index (χ0) is 25.3. The van der Waals surface area contributed by atoms with Gasteiger partial charge < -0.3 is 21.2 Å². The molecule has 0 saturated carbocycles. The van der Waals surface area contributed by atoms with E-state index < -0.39 is 43.0 Å². The molecule has 10 heteroatoms. The topological polar surface area (TPSA) is 46.2 Å². The number of hydrogen-bond acceptors (Lipinski definition) is 5. The summed E-state index contributed by atoms with van der Waals surface area (Å²) < 4.78 is 30.1. The fourth-order valence-corrected chi connectivity index (χ4v) is 18.0. The molecule has 2 aromatic carbocycles. The summed E-state index contributed by atoms with van der Waals surface area (Å²) in [4.78, 5) is 0. The molecule has 2 aromatic rings. The fraction of sp³-hybridized carbons (Fsp3) is 0.586. The Bertz CT molecular complexity index is 771. The first-order valence-corrected chi connectivity index (χ1v) is 25.0. The van der Waals surface area contributed by atoms with E-state index in [9.17, 15) is 0 Å². The first kappa shape index (κ1) is 51.1. The van der Waals surface area contributed by atoms with Crippen molar-refractivity contribution in [3.05, 3.63) is 60.7 Å². The average Bonchev–Trinajstić information content (AvgIpc) is 2.72. The predicted octanol–water partition coefficient (Wildman–Crippen LogP) is 8.61. The molecule has 5 nitrogen and oxygen atoms in total. The molecule has 1 atom stereocenters. The molecule has 0 spiro atoms. The lowest BCUT2D eigenvalue weighted by Crippen LogP contribution is -2.70. The van der Waals surface area contributed by atoms with Crippen molar-refractivity contribution < 1.29 is 21.2 Å². The van der Waals surface area contributed by atoms with E-state index in [1.54, 1.807) is 14.2 Å². The van der Waals surface area contributed by atoms with Crippen molar-refractivity contribution in [3.63, 3.8) is 0 Å². The van der Waals surface area contributed by atoms with Crippen LogP contribution < -0.4 is 10.4 Å². The lowest BCUT2D eigenvalue weighted by molar-refractivity contribution is 0.287. The highest BCUT2D eigenvalue weighted by atomic mass is 28.5. The van der Waals surface area contributed by atoms with Crippen molar-refractivity contribution in [2.24, 2.45) is 0 Å². The zero-order valence-electron chi connectivity index (χ0n) is 22.4. The first-order chi connectivity index (χ1) is 15.1. The third-order valence-corrected chi connectivity index (χ3v) is 19.2. The van der Waals surface area contributed by atoms with Crippen molar-refractivity contribution >= 4 is 53.4 Å². The molecule has 0 amide bonds. The van der Waals surface area contributed by atoms with Gasteiger partial charge in [0.1, 0.15) is 0 Å². The van der Waals surface area contributed by atoms with Crippen LogP contribution in [0.2, 0.25) is 58.9 Å². The minimum atomic E-state index is -2.84. The Balaban J connectivity index is -0.000000159. The van der Waals surface area contributed by atoms with Gasteiger partial charge in [-0.25, -0.2) is 0 Å². The van der Waals surface area contributed by atoms with Crippen molar-refractivity contribution in [3.8, 4) is 0 Å². The molecule has 1 unspecified atom stereocenters. The Morgan fingerprint density at radius 1 is 0.538 bits per heavy atom. The minimum Gasteiger partial charge on any atom is -0.438 e. The molecule has 0 fully saturated rings. The Hall–Kier alpha value is -0.676. The van der Waals surface area contributed by atoms with Gasteiger partial charge in [-0.3, -0.25) is 0 Å². The normalized spacial score (nSPS) is 11.7. The molecule has 234 valence electrons. The van der Waals surface area contributed by atoms with E-state index in [2.05, 4.69) is 107 Å². The summed E-state index contributed by atoms with van der Waals surface area (Å²) in [5.41, 5.74) is 0. The molecule has 0 aromatic heterocycles. The Labute approximate surface area is 252 Å². The summed E-state index contributed by atoms with van der Waals surface area (Å²) in [5.74, 6) is 0. The van der Waals surface area contributed by atoms with Crippen LogP contribution in [0.3, 0.4) is 0 Å². The van der Waals surface area contributed by atoms with Gasteiger partial charge in [-0.05, 0) is 69.3 Å². The molecule has 0 bridgehead atoms. The van der Waals surface area contributed by atoms with E-state index >= 15 is 0 Å². The summed E-state index contributed by atoms with van der Waals surface area (Å²) in [6.07, 6.45) is 0. The van der Waals surface area contributed by atoms with Gasteiger partial charge in [0, 0.05) is 14.2 Å². The molecule has 0 heterocycles. The van der Waals surface area contributed by atoms with E-state index in [1.165, 1.54) is 0 Å². The third kappa shape index (κ3) is 19.1. The number of rotatable bonds is 10. The van der Waals surface area contributed by atoms with Gasteiger partial charge in [-0.15, -0.1) is 0 Å². The Morgan fingerprint density at radius 2 is 0.897 bits per heavy atom. The quantitative estimate of drug-likeness (QED) is 0.244. The highest BCUT2D eigenvalue weighted by molar-refractivity contribution is 7.01. The van der Waals surface area contributed by atoms with Gasteiger partial charge in [0.05, 0.1) is 0 Å². The van der Waals surface area contributed by atoms with Crippen LogP contribution in [0.4, 0.5) is 0 Å². The van der Waals surface area contributed by atoms with E-state index in [4.69, 9.17) is 21.2 Å². The molecule has 0 radical (unpaired) electrons. The SMILES string of the molecule is C.C.C.C.C.C.CO[SiH](C)O[Si](C)(C)C.CO[Si](C)(C)O[Si](O[Si](C)(C)C)(c1ccccc1)c1ccccc1. The van der Waals surface area contributed by atoms with E-state index in [0.717, 1.165) is 10.4 Å². The summed E-state index contributed by atoms with van der Waals surface area (Å²) in [7, 11) is -6.13. The molecule has 2 rings (SSSR count). The predicted molar refractivity (Wildman–Crippen MR) is 193 cm³/mol. The van der Waals surface area contributed by atoms with Crippen molar-refractivity contribution in [1.29, 1.82) is 0 Å². The largest absolute Gasteiger partial charge is 0.438 e. The van der Waals surface area contributed by atoms with Crippen LogP contribution >= 0.6 is 0 Å². The molecule has 0 aliphatic rings. The lowest BCUT2D eigenvalue weighted by atomic mass is 10.4. The second-order valence-electron chi connectivity index (χ2n) is 10.3. The van der Waals surface area contributed by atoms with E-state index in [-0.39, 0.29) is 44.6 Å². The van der Waals surface area contributed by atoms with Crippen LogP contribution in [0.5, 0.6) is 0 Å². The van der Waals surface area contributed by atoms with Crippen LogP contribution in [-0.2, 0) is 21.2 Å². The highest BCUT2D eigenvalue weighted by Crippen LogP contribution is 2.21. The van der Waals surface area contributed by atoms with Gasteiger partial charge in [-0.2, -0.15) is 0 Å². The maximum absolute atomic E-state index is 6.85. The Morgan fingerprint density at radius 3 is 1.13 bits per heavy atom. The molecule has 0 N–H and O–H groups in total. The lowest BCUT2D eigenvalue weighted by Gasteiger charge is -2.41. The van der Waals surface area contributed by atoms with Crippen LogP contribution in [0, 0.1) is 0 Å². The van der Waals surface area contributed by atoms with Gasteiger partial charge in [0.2, 0.25) is 0 Å². The summed E-state index contributed by atoms with van der Waals surface area (Å²) in [5, 5.41) is 2.27. The van der Waals surface area contributed by atoms with Crippen LogP contribution in [0.15, 0.2) is 60.7 Å². The molecule has 39 heavy (non-hydrogen) atoms. The maximum atomic E-state index is 6.85. The van der Waals surface area contributed by atoms with Gasteiger partial charge in [-0.1, -0.05) is 105 Å².